The van der Waals surface area contributed by atoms with Crippen molar-refractivity contribution in [2.75, 3.05) is 19.7 Å². The van der Waals surface area contributed by atoms with Crippen molar-refractivity contribution in [2.45, 2.75) is 25.5 Å². The van der Waals surface area contributed by atoms with Crippen LogP contribution < -0.4 is 10.6 Å². The Balaban J connectivity index is 1.81. The van der Waals surface area contributed by atoms with Crippen molar-refractivity contribution >= 4 is 17.5 Å². The summed E-state index contributed by atoms with van der Waals surface area (Å²) in [6.07, 6.45) is 0. The van der Waals surface area contributed by atoms with E-state index in [4.69, 9.17) is 16.3 Å². The second kappa shape index (κ2) is 5.90. The third kappa shape index (κ3) is 3.93. The number of hydrogen-bond donors (Lipinski definition) is 2. The average Bonchev–Trinajstić information content (AvgIpc) is 2.34. The van der Waals surface area contributed by atoms with Crippen LogP contribution in [0.2, 0.25) is 5.02 Å². The molecule has 1 amide bonds. The molecule has 1 fully saturated rings. The first-order valence-electron chi connectivity index (χ1n) is 6.38. The van der Waals surface area contributed by atoms with Gasteiger partial charge in [0.15, 0.2) is 0 Å². The van der Waals surface area contributed by atoms with Crippen molar-refractivity contribution in [1.82, 2.24) is 10.6 Å². The minimum absolute atomic E-state index is 0.0814. The van der Waals surface area contributed by atoms with Gasteiger partial charge in [0.25, 0.3) is 0 Å². The van der Waals surface area contributed by atoms with E-state index < -0.39 is 0 Å². The number of ether oxygens (including phenoxy) is 1. The van der Waals surface area contributed by atoms with E-state index in [9.17, 15) is 4.79 Å². The molecule has 1 atom stereocenters. The highest BCUT2D eigenvalue weighted by Gasteiger charge is 2.33. The number of halogens is 1. The molecule has 1 aliphatic rings. The highest BCUT2D eigenvalue weighted by molar-refractivity contribution is 6.30. The van der Waals surface area contributed by atoms with Crippen LogP contribution in [0.5, 0.6) is 0 Å². The molecule has 0 radical (unpaired) electrons. The van der Waals surface area contributed by atoms with Gasteiger partial charge in [-0.15, -0.1) is 0 Å². The van der Waals surface area contributed by atoms with Gasteiger partial charge in [0, 0.05) is 18.1 Å². The molecule has 1 aliphatic heterocycles. The monoisotopic (exact) mass is 282 g/mol. The van der Waals surface area contributed by atoms with Gasteiger partial charge < -0.3 is 15.4 Å². The van der Waals surface area contributed by atoms with Gasteiger partial charge in [-0.3, -0.25) is 4.79 Å². The highest BCUT2D eigenvalue weighted by atomic mass is 35.5. The second-order valence-electron chi connectivity index (χ2n) is 5.19. The predicted molar refractivity (Wildman–Crippen MR) is 75.2 cm³/mol. The number of nitrogens with one attached hydrogen (secondary N) is 2. The molecule has 1 unspecified atom stereocenters. The lowest BCUT2D eigenvalue weighted by atomic mass is 10.0. The normalized spacial score (nSPS) is 18.5. The topological polar surface area (TPSA) is 50.4 Å². The fourth-order valence-electron chi connectivity index (χ4n) is 1.96. The summed E-state index contributed by atoms with van der Waals surface area (Å²) in [4.78, 5) is 11.8. The van der Waals surface area contributed by atoms with E-state index in [1.807, 2.05) is 38.1 Å². The van der Waals surface area contributed by atoms with Gasteiger partial charge in [-0.1, -0.05) is 23.7 Å². The van der Waals surface area contributed by atoms with Gasteiger partial charge in [0.05, 0.1) is 11.6 Å². The molecule has 0 aromatic heterocycles. The number of benzene rings is 1. The molecule has 0 bridgehead atoms. The van der Waals surface area contributed by atoms with E-state index in [2.05, 4.69) is 10.6 Å². The zero-order chi connectivity index (χ0) is 13.9. The van der Waals surface area contributed by atoms with Crippen LogP contribution in [-0.4, -0.2) is 31.2 Å². The molecular weight excluding hydrogens is 264 g/mol. The first-order chi connectivity index (χ1) is 8.98. The van der Waals surface area contributed by atoms with Crippen molar-refractivity contribution in [3.63, 3.8) is 0 Å². The smallest absolute Gasteiger partial charge is 0.246 e. The maximum absolute atomic E-state index is 11.8. The van der Waals surface area contributed by atoms with Crippen molar-refractivity contribution in [3.05, 3.63) is 34.9 Å². The van der Waals surface area contributed by atoms with Crippen LogP contribution in [0.15, 0.2) is 24.3 Å². The van der Waals surface area contributed by atoms with Crippen molar-refractivity contribution in [2.24, 2.45) is 0 Å². The van der Waals surface area contributed by atoms with Crippen molar-refractivity contribution in [1.29, 1.82) is 0 Å². The SMILES string of the molecule is CC(NC(=O)COC1(C)CNC1)c1cccc(Cl)c1. The molecule has 2 N–H and O–H groups in total. The molecule has 0 spiro atoms. The summed E-state index contributed by atoms with van der Waals surface area (Å²) in [5.74, 6) is -0.111. The van der Waals surface area contributed by atoms with E-state index in [0.29, 0.717) is 5.02 Å². The van der Waals surface area contributed by atoms with Crippen molar-refractivity contribution in [3.8, 4) is 0 Å². The van der Waals surface area contributed by atoms with Gasteiger partial charge >= 0.3 is 0 Å². The Morgan fingerprint density at radius 2 is 2.32 bits per heavy atom. The molecule has 1 aromatic carbocycles. The number of carbonyl (C=O) groups excluding carboxylic acids is 1. The van der Waals surface area contributed by atoms with Gasteiger partial charge in [-0.2, -0.15) is 0 Å². The first-order valence-corrected chi connectivity index (χ1v) is 6.76. The van der Waals surface area contributed by atoms with E-state index in [0.717, 1.165) is 18.7 Å². The zero-order valence-electron chi connectivity index (χ0n) is 11.2. The third-order valence-electron chi connectivity index (χ3n) is 3.28. The largest absolute Gasteiger partial charge is 0.363 e. The molecule has 2 rings (SSSR count). The lowest BCUT2D eigenvalue weighted by molar-refractivity contribution is -0.136. The predicted octanol–water partition coefficient (Wildman–Crippen LogP) is 1.90. The van der Waals surface area contributed by atoms with Gasteiger partial charge in [-0.05, 0) is 31.5 Å². The lowest BCUT2D eigenvalue weighted by Gasteiger charge is -2.38. The lowest BCUT2D eigenvalue weighted by Crippen LogP contribution is -2.59. The Kier molecular flexibility index (Phi) is 4.45. The molecule has 4 nitrogen and oxygen atoms in total. The summed E-state index contributed by atoms with van der Waals surface area (Å²) < 4.78 is 5.59. The van der Waals surface area contributed by atoms with E-state index in [-0.39, 0.29) is 24.2 Å². The maximum Gasteiger partial charge on any atom is 0.246 e. The summed E-state index contributed by atoms with van der Waals surface area (Å²) in [6.45, 7) is 5.60. The Hall–Kier alpha value is -1.10. The van der Waals surface area contributed by atoms with Crippen LogP contribution in [0.1, 0.15) is 25.5 Å². The molecule has 1 saturated heterocycles. The second-order valence-corrected chi connectivity index (χ2v) is 5.62. The summed E-state index contributed by atoms with van der Waals surface area (Å²) in [5.41, 5.74) is 0.786. The van der Waals surface area contributed by atoms with Crippen LogP contribution in [0, 0.1) is 0 Å². The molecule has 0 aliphatic carbocycles. The molecule has 5 heteroatoms. The van der Waals surface area contributed by atoms with Crippen LogP contribution >= 0.6 is 11.6 Å². The van der Waals surface area contributed by atoms with Gasteiger partial charge in [0.1, 0.15) is 6.61 Å². The van der Waals surface area contributed by atoms with E-state index in [1.54, 1.807) is 0 Å². The van der Waals surface area contributed by atoms with Crippen LogP contribution in [0.3, 0.4) is 0 Å². The first kappa shape index (κ1) is 14.3. The van der Waals surface area contributed by atoms with Crippen LogP contribution in [0.25, 0.3) is 0 Å². The average molecular weight is 283 g/mol. The van der Waals surface area contributed by atoms with Gasteiger partial charge in [-0.25, -0.2) is 0 Å². The van der Waals surface area contributed by atoms with Crippen molar-refractivity contribution < 1.29 is 9.53 Å². The quantitative estimate of drug-likeness (QED) is 0.867. The molecule has 19 heavy (non-hydrogen) atoms. The molecule has 1 heterocycles. The number of hydrogen-bond acceptors (Lipinski definition) is 3. The minimum atomic E-state index is -0.198. The minimum Gasteiger partial charge on any atom is -0.363 e. The summed E-state index contributed by atoms with van der Waals surface area (Å²) in [5, 5.41) is 6.70. The summed E-state index contributed by atoms with van der Waals surface area (Å²) in [7, 11) is 0. The number of rotatable bonds is 5. The van der Waals surface area contributed by atoms with E-state index >= 15 is 0 Å². The third-order valence-corrected chi connectivity index (χ3v) is 3.51. The summed E-state index contributed by atoms with van der Waals surface area (Å²) in [6, 6.07) is 7.40. The van der Waals surface area contributed by atoms with Crippen LogP contribution in [0.4, 0.5) is 0 Å². The Morgan fingerprint density at radius 3 is 2.89 bits per heavy atom. The maximum atomic E-state index is 11.8. The van der Waals surface area contributed by atoms with Gasteiger partial charge in [0.2, 0.25) is 5.91 Å². The molecule has 104 valence electrons. The Bertz CT molecular complexity index is 461. The van der Waals surface area contributed by atoms with E-state index in [1.165, 1.54) is 0 Å². The molecule has 0 saturated carbocycles. The fraction of sp³-hybridized carbons (Fsp3) is 0.500. The molecular formula is C14H19ClN2O2. The fourth-order valence-corrected chi connectivity index (χ4v) is 2.16. The zero-order valence-corrected chi connectivity index (χ0v) is 12.0. The molecule has 1 aromatic rings. The summed E-state index contributed by atoms with van der Waals surface area (Å²) >= 11 is 5.93. The van der Waals surface area contributed by atoms with Crippen LogP contribution in [-0.2, 0) is 9.53 Å². The number of carbonyl (C=O) groups is 1. The Labute approximate surface area is 118 Å². The highest BCUT2D eigenvalue weighted by Crippen LogP contribution is 2.18. The Morgan fingerprint density at radius 1 is 1.58 bits per heavy atom. The standard InChI is InChI=1S/C14H19ClN2O2/c1-10(11-4-3-5-12(15)6-11)17-13(18)7-19-14(2)8-16-9-14/h3-6,10,16H,7-9H2,1-2H3,(H,17,18). The number of amides is 1.